The molecule has 0 fully saturated rings. The van der Waals surface area contributed by atoms with Crippen molar-refractivity contribution >= 4 is 38.4 Å². The fourth-order valence-corrected chi connectivity index (χ4v) is 2.68. The first-order valence-corrected chi connectivity index (χ1v) is 7.34. The molecule has 0 atom stereocenters. The third-order valence-corrected chi connectivity index (χ3v) is 4.21. The van der Waals surface area contributed by atoms with E-state index in [0.717, 1.165) is 21.3 Å². The van der Waals surface area contributed by atoms with Crippen molar-refractivity contribution < 1.29 is 4.79 Å². The van der Waals surface area contributed by atoms with Gasteiger partial charge in [0.15, 0.2) is 5.78 Å². The van der Waals surface area contributed by atoms with Gasteiger partial charge >= 0.3 is 0 Å². The third kappa shape index (κ3) is 2.56. The van der Waals surface area contributed by atoms with E-state index in [-0.39, 0.29) is 12.2 Å². The Hall–Kier alpha value is -2.14. The number of Topliss-reactive ketones (excluding diaryl/α,β-unsaturated/α-hetero) is 1. The lowest BCUT2D eigenvalue weighted by atomic mass is 10.1. The van der Waals surface area contributed by atoms with E-state index in [4.69, 9.17) is 5.73 Å². The molecule has 0 saturated heterocycles. The van der Waals surface area contributed by atoms with Crippen molar-refractivity contribution in [2.75, 3.05) is 5.73 Å². The molecule has 0 unspecified atom stereocenters. The van der Waals surface area contributed by atoms with E-state index in [1.54, 1.807) is 18.2 Å². The van der Waals surface area contributed by atoms with Crippen molar-refractivity contribution in [2.24, 2.45) is 7.05 Å². The van der Waals surface area contributed by atoms with Crippen LogP contribution in [0.2, 0.25) is 0 Å². The first-order chi connectivity index (χ1) is 10.1. The number of para-hydroxylation sites is 2. The Labute approximate surface area is 130 Å². The Morgan fingerprint density at radius 2 is 2.05 bits per heavy atom. The van der Waals surface area contributed by atoms with E-state index in [1.807, 2.05) is 35.9 Å². The number of carbonyl (C=O) groups excluding carboxylic acids is 1. The molecule has 0 aliphatic rings. The van der Waals surface area contributed by atoms with Crippen LogP contribution in [0.5, 0.6) is 0 Å². The van der Waals surface area contributed by atoms with Crippen molar-refractivity contribution in [1.29, 1.82) is 0 Å². The Bertz CT molecular complexity index is 839. The number of aromatic nitrogens is 2. The summed E-state index contributed by atoms with van der Waals surface area (Å²) in [7, 11) is 1.93. The molecule has 0 saturated carbocycles. The molecule has 4 nitrogen and oxygen atoms in total. The number of benzene rings is 2. The average Bonchev–Trinajstić information content (AvgIpc) is 2.79. The van der Waals surface area contributed by atoms with Crippen molar-refractivity contribution in [3.8, 4) is 0 Å². The zero-order chi connectivity index (χ0) is 15.0. The van der Waals surface area contributed by atoms with Crippen molar-refractivity contribution in [3.63, 3.8) is 0 Å². The molecule has 2 aromatic carbocycles. The van der Waals surface area contributed by atoms with Gasteiger partial charge in [0.25, 0.3) is 0 Å². The van der Waals surface area contributed by atoms with Crippen LogP contribution in [0.25, 0.3) is 11.0 Å². The molecule has 2 N–H and O–H groups in total. The number of aryl methyl sites for hydroxylation is 1. The van der Waals surface area contributed by atoms with Gasteiger partial charge in [-0.25, -0.2) is 4.98 Å². The van der Waals surface area contributed by atoms with Crippen LogP contribution in [0, 0.1) is 0 Å². The fourth-order valence-electron chi connectivity index (χ4n) is 2.30. The summed E-state index contributed by atoms with van der Waals surface area (Å²) in [4.78, 5) is 16.9. The van der Waals surface area contributed by atoms with Crippen LogP contribution >= 0.6 is 15.9 Å². The number of nitrogens with two attached hydrogens (primary N) is 1. The summed E-state index contributed by atoms with van der Waals surface area (Å²) in [5, 5.41) is 0. The highest BCUT2D eigenvalue weighted by molar-refractivity contribution is 9.10. The summed E-state index contributed by atoms with van der Waals surface area (Å²) in [5.74, 6) is 0.781. The normalized spacial score (nSPS) is 11.0. The Morgan fingerprint density at radius 3 is 2.76 bits per heavy atom. The summed E-state index contributed by atoms with van der Waals surface area (Å²) < 4.78 is 2.69. The fraction of sp³-hybridized carbons (Fsp3) is 0.125. The van der Waals surface area contributed by atoms with Gasteiger partial charge in [-0.3, -0.25) is 4.79 Å². The first-order valence-electron chi connectivity index (χ1n) is 6.55. The summed E-state index contributed by atoms with van der Waals surface area (Å²) in [6.07, 6.45) is 0.265. The van der Waals surface area contributed by atoms with Gasteiger partial charge in [-0.2, -0.15) is 0 Å². The molecule has 3 rings (SSSR count). The first kappa shape index (κ1) is 13.8. The summed E-state index contributed by atoms with van der Waals surface area (Å²) >= 11 is 3.34. The molecule has 0 bridgehead atoms. The maximum absolute atomic E-state index is 12.4. The predicted molar refractivity (Wildman–Crippen MR) is 87.3 cm³/mol. The van der Waals surface area contributed by atoms with E-state index in [2.05, 4.69) is 20.9 Å². The zero-order valence-electron chi connectivity index (χ0n) is 11.5. The lowest BCUT2D eigenvalue weighted by Crippen LogP contribution is -2.08. The Balaban J connectivity index is 1.92. The highest BCUT2D eigenvalue weighted by Crippen LogP contribution is 2.22. The number of fused-ring (bicyclic) bond motifs is 1. The van der Waals surface area contributed by atoms with Crippen LogP contribution < -0.4 is 5.73 Å². The summed E-state index contributed by atoms with van der Waals surface area (Å²) in [6.45, 7) is 0. The quantitative estimate of drug-likeness (QED) is 0.586. The van der Waals surface area contributed by atoms with E-state index >= 15 is 0 Å². The van der Waals surface area contributed by atoms with Crippen LogP contribution in [0.15, 0.2) is 46.9 Å². The number of halogens is 1. The molecule has 0 aliphatic heterocycles. The van der Waals surface area contributed by atoms with Gasteiger partial charge < -0.3 is 10.3 Å². The molecule has 106 valence electrons. The van der Waals surface area contributed by atoms with Crippen molar-refractivity contribution in [1.82, 2.24) is 9.55 Å². The van der Waals surface area contributed by atoms with Gasteiger partial charge in [-0.15, -0.1) is 0 Å². The number of anilines is 1. The molecule has 0 amide bonds. The minimum Gasteiger partial charge on any atom is -0.398 e. The van der Waals surface area contributed by atoms with Gasteiger partial charge in [-0.1, -0.05) is 12.1 Å². The number of nitrogen functional groups attached to an aromatic ring is 1. The molecule has 21 heavy (non-hydrogen) atoms. The zero-order valence-corrected chi connectivity index (χ0v) is 13.1. The lowest BCUT2D eigenvalue weighted by Gasteiger charge is -2.04. The average molecular weight is 344 g/mol. The Kier molecular flexibility index (Phi) is 3.51. The molecule has 1 aromatic heterocycles. The largest absolute Gasteiger partial charge is 0.398 e. The highest BCUT2D eigenvalue weighted by atomic mass is 79.9. The van der Waals surface area contributed by atoms with Gasteiger partial charge in [0, 0.05) is 22.8 Å². The smallest absolute Gasteiger partial charge is 0.170 e. The molecule has 0 spiro atoms. The van der Waals surface area contributed by atoms with Crippen LogP contribution in [0.3, 0.4) is 0 Å². The highest BCUT2D eigenvalue weighted by Gasteiger charge is 2.14. The van der Waals surface area contributed by atoms with Gasteiger partial charge in [0.2, 0.25) is 0 Å². The van der Waals surface area contributed by atoms with Crippen LogP contribution in [-0.2, 0) is 13.5 Å². The van der Waals surface area contributed by atoms with Crippen LogP contribution in [0.1, 0.15) is 16.2 Å². The number of hydrogen-bond acceptors (Lipinski definition) is 3. The monoisotopic (exact) mass is 343 g/mol. The molecular weight excluding hydrogens is 330 g/mol. The summed E-state index contributed by atoms with van der Waals surface area (Å²) in [5.41, 5.74) is 8.92. The molecule has 0 aliphatic carbocycles. The molecule has 0 radical (unpaired) electrons. The van der Waals surface area contributed by atoms with E-state index in [1.165, 1.54) is 0 Å². The number of imidazole rings is 1. The number of rotatable bonds is 3. The lowest BCUT2D eigenvalue weighted by molar-refractivity contribution is 0.0990. The molecule has 3 aromatic rings. The SMILES string of the molecule is Cn1c(CC(=O)c2ccc(N)c(Br)c2)nc2ccccc21. The number of ketones is 1. The molecule has 1 heterocycles. The van der Waals surface area contributed by atoms with E-state index in [9.17, 15) is 4.79 Å². The van der Waals surface area contributed by atoms with Gasteiger partial charge in [0.05, 0.1) is 17.5 Å². The van der Waals surface area contributed by atoms with Crippen LogP contribution in [0.4, 0.5) is 5.69 Å². The summed E-state index contributed by atoms with van der Waals surface area (Å²) in [6, 6.07) is 13.1. The van der Waals surface area contributed by atoms with Gasteiger partial charge in [0.1, 0.15) is 5.82 Å². The minimum atomic E-state index is 0.0223. The van der Waals surface area contributed by atoms with Gasteiger partial charge in [-0.05, 0) is 46.3 Å². The van der Waals surface area contributed by atoms with Crippen molar-refractivity contribution in [2.45, 2.75) is 6.42 Å². The predicted octanol–water partition coefficient (Wildman–Crippen LogP) is 3.34. The second kappa shape index (κ2) is 5.33. The Morgan fingerprint density at radius 1 is 1.29 bits per heavy atom. The van der Waals surface area contributed by atoms with Crippen LogP contribution in [-0.4, -0.2) is 15.3 Å². The van der Waals surface area contributed by atoms with Crippen molar-refractivity contribution in [3.05, 3.63) is 58.3 Å². The molecule has 5 heteroatoms. The standard InChI is InChI=1S/C16H14BrN3O/c1-20-14-5-3-2-4-13(14)19-16(20)9-15(21)10-6-7-12(18)11(17)8-10/h2-8H,9,18H2,1H3. The second-order valence-corrected chi connectivity index (χ2v) is 5.77. The van der Waals surface area contributed by atoms with E-state index in [0.29, 0.717) is 11.3 Å². The number of hydrogen-bond donors (Lipinski definition) is 1. The second-order valence-electron chi connectivity index (χ2n) is 4.91. The maximum atomic E-state index is 12.4. The topological polar surface area (TPSA) is 60.9 Å². The molecular formula is C16H14BrN3O. The third-order valence-electron chi connectivity index (χ3n) is 3.52. The minimum absolute atomic E-state index is 0.0223. The number of nitrogens with zero attached hydrogens (tertiary/aromatic N) is 2. The van der Waals surface area contributed by atoms with E-state index < -0.39 is 0 Å². The number of carbonyl (C=O) groups is 1. The maximum Gasteiger partial charge on any atom is 0.170 e.